The molecule has 0 aromatic heterocycles. The Morgan fingerprint density at radius 3 is 2.33 bits per heavy atom. The van der Waals surface area contributed by atoms with Gasteiger partial charge < -0.3 is 5.11 Å². The topological polar surface area (TPSA) is 37.3 Å². The SMILES string of the molecule is O=C(O)CCCCCCC1CCCCC1. The summed E-state index contributed by atoms with van der Waals surface area (Å²) >= 11 is 0. The normalized spacial score (nSPS) is 17.9. The second-order valence-corrected chi connectivity index (χ2v) is 4.85. The molecule has 0 bridgehead atoms. The molecule has 0 heterocycles. The van der Waals surface area contributed by atoms with Crippen molar-refractivity contribution in [1.29, 1.82) is 0 Å². The van der Waals surface area contributed by atoms with Crippen molar-refractivity contribution in [2.24, 2.45) is 5.92 Å². The van der Waals surface area contributed by atoms with E-state index in [0.717, 1.165) is 18.8 Å². The van der Waals surface area contributed by atoms with E-state index >= 15 is 0 Å². The van der Waals surface area contributed by atoms with Gasteiger partial charge in [-0.2, -0.15) is 0 Å². The fraction of sp³-hybridized carbons (Fsp3) is 0.923. The quantitative estimate of drug-likeness (QED) is 0.648. The van der Waals surface area contributed by atoms with Crippen molar-refractivity contribution in [2.45, 2.75) is 70.6 Å². The summed E-state index contributed by atoms with van der Waals surface area (Å²) in [4.78, 5) is 10.3. The van der Waals surface area contributed by atoms with E-state index in [0.29, 0.717) is 6.42 Å². The molecule has 0 atom stereocenters. The summed E-state index contributed by atoms with van der Waals surface area (Å²) in [5.41, 5.74) is 0. The van der Waals surface area contributed by atoms with Crippen LogP contribution in [0.15, 0.2) is 0 Å². The van der Waals surface area contributed by atoms with E-state index in [9.17, 15) is 4.79 Å². The molecule has 15 heavy (non-hydrogen) atoms. The molecule has 0 unspecified atom stereocenters. The lowest BCUT2D eigenvalue weighted by Gasteiger charge is -2.21. The Morgan fingerprint density at radius 2 is 1.67 bits per heavy atom. The Kier molecular flexibility index (Phi) is 6.45. The van der Waals surface area contributed by atoms with Crippen LogP contribution in [-0.4, -0.2) is 11.1 Å². The Hall–Kier alpha value is -0.530. The third kappa shape index (κ3) is 6.53. The van der Waals surface area contributed by atoms with Crippen molar-refractivity contribution >= 4 is 5.97 Å². The van der Waals surface area contributed by atoms with Gasteiger partial charge in [0.1, 0.15) is 0 Å². The number of unbranched alkanes of at least 4 members (excludes halogenated alkanes) is 3. The van der Waals surface area contributed by atoms with Crippen molar-refractivity contribution in [2.75, 3.05) is 0 Å². The molecule has 0 aromatic rings. The van der Waals surface area contributed by atoms with Crippen LogP contribution in [0, 0.1) is 5.92 Å². The maximum Gasteiger partial charge on any atom is 0.303 e. The van der Waals surface area contributed by atoms with Crippen molar-refractivity contribution in [1.82, 2.24) is 0 Å². The molecule has 1 N–H and O–H groups in total. The van der Waals surface area contributed by atoms with Crippen LogP contribution in [0.25, 0.3) is 0 Å². The van der Waals surface area contributed by atoms with Gasteiger partial charge in [-0.25, -0.2) is 0 Å². The zero-order valence-corrected chi connectivity index (χ0v) is 9.71. The van der Waals surface area contributed by atoms with Gasteiger partial charge in [-0.05, 0) is 12.3 Å². The molecule has 1 saturated carbocycles. The van der Waals surface area contributed by atoms with Crippen LogP contribution in [-0.2, 0) is 4.79 Å². The molecule has 1 aliphatic carbocycles. The monoisotopic (exact) mass is 212 g/mol. The lowest BCUT2D eigenvalue weighted by atomic mass is 9.85. The van der Waals surface area contributed by atoms with Gasteiger partial charge in [0.25, 0.3) is 0 Å². The molecular formula is C13H24O2. The summed E-state index contributed by atoms with van der Waals surface area (Å²) in [6.45, 7) is 0. The van der Waals surface area contributed by atoms with Gasteiger partial charge >= 0.3 is 5.97 Å². The van der Waals surface area contributed by atoms with Crippen LogP contribution >= 0.6 is 0 Å². The number of carboxylic acid groups (broad SMARTS) is 1. The second kappa shape index (κ2) is 7.72. The van der Waals surface area contributed by atoms with Gasteiger partial charge in [0.05, 0.1) is 0 Å². The summed E-state index contributed by atoms with van der Waals surface area (Å²) in [7, 11) is 0. The Bertz CT molecular complexity index is 171. The largest absolute Gasteiger partial charge is 0.481 e. The van der Waals surface area contributed by atoms with Gasteiger partial charge in [-0.3, -0.25) is 4.79 Å². The maximum atomic E-state index is 10.3. The molecule has 88 valence electrons. The molecule has 0 amide bonds. The molecule has 0 aromatic carbocycles. The van der Waals surface area contributed by atoms with Crippen LogP contribution in [0.1, 0.15) is 70.6 Å². The van der Waals surface area contributed by atoms with Gasteiger partial charge in [0.2, 0.25) is 0 Å². The minimum absolute atomic E-state index is 0.351. The molecule has 0 spiro atoms. The minimum atomic E-state index is -0.651. The summed E-state index contributed by atoms with van der Waals surface area (Å²) in [5, 5.41) is 8.47. The van der Waals surface area contributed by atoms with E-state index in [1.54, 1.807) is 0 Å². The van der Waals surface area contributed by atoms with E-state index in [1.807, 2.05) is 0 Å². The number of carboxylic acids is 1. The van der Waals surface area contributed by atoms with Crippen LogP contribution < -0.4 is 0 Å². The number of hydrogen-bond donors (Lipinski definition) is 1. The molecule has 1 fully saturated rings. The van der Waals surface area contributed by atoms with Crippen LogP contribution in [0.2, 0.25) is 0 Å². The Labute approximate surface area is 93.1 Å². The first-order valence-corrected chi connectivity index (χ1v) is 6.51. The highest BCUT2D eigenvalue weighted by Gasteiger charge is 2.12. The van der Waals surface area contributed by atoms with Gasteiger partial charge in [-0.1, -0.05) is 57.8 Å². The highest BCUT2D eigenvalue weighted by molar-refractivity contribution is 5.66. The zero-order valence-electron chi connectivity index (χ0n) is 9.71. The molecular weight excluding hydrogens is 188 g/mol. The smallest absolute Gasteiger partial charge is 0.303 e. The van der Waals surface area contributed by atoms with E-state index in [4.69, 9.17) is 5.11 Å². The number of rotatable bonds is 7. The zero-order chi connectivity index (χ0) is 10.9. The predicted molar refractivity (Wildman–Crippen MR) is 61.9 cm³/mol. The lowest BCUT2D eigenvalue weighted by molar-refractivity contribution is -0.137. The molecule has 2 nitrogen and oxygen atoms in total. The Morgan fingerprint density at radius 1 is 1.00 bits per heavy atom. The Balaban J connectivity index is 1.85. The fourth-order valence-corrected chi connectivity index (χ4v) is 2.54. The van der Waals surface area contributed by atoms with E-state index in [1.165, 1.54) is 51.4 Å². The summed E-state index contributed by atoms with van der Waals surface area (Å²) in [5.74, 6) is 0.334. The second-order valence-electron chi connectivity index (χ2n) is 4.85. The molecule has 1 rings (SSSR count). The summed E-state index contributed by atoms with van der Waals surface area (Å²) < 4.78 is 0. The maximum absolute atomic E-state index is 10.3. The number of aliphatic carboxylic acids is 1. The van der Waals surface area contributed by atoms with Gasteiger partial charge in [0.15, 0.2) is 0 Å². The number of carbonyl (C=O) groups is 1. The van der Waals surface area contributed by atoms with Crippen LogP contribution in [0.5, 0.6) is 0 Å². The van der Waals surface area contributed by atoms with E-state index in [-0.39, 0.29) is 0 Å². The first-order chi connectivity index (χ1) is 7.29. The highest BCUT2D eigenvalue weighted by Crippen LogP contribution is 2.27. The van der Waals surface area contributed by atoms with Gasteiger partial charge in [0, 0.05) is 6.42 Å². The molecule has 0 radical (unpaired) electrons. The van der Waals surface area contributed by atoms with Crippen LogP contribution in [0.4, 0.5) is 0 Å². The summed E-state index contributed by atoms with van der Waals surface area (Å²) in [6.07, 6.45) is 13.4. The molecule has 1 aliphatic rings. The van der Waals surface area contributed by atoms with E-state index < -0.39 is 5.97 Å². The first-order valence-electron chi connectivity index (χ1n) is 6.51. The third-order valence-corrected chi connectivity index (χ3v) is 3.48. The van der Waals surface area contributed by atoms with E-state index in [2.05, 4.69) is 0 Å². The van der Waals surface area contributed by atoms with Gasteiger partial charge in [-0.15, -0.1) is 0 Å². The standard InChI is InChI=1S/C13H24O2/c14-13(15)11-7-2-1-4-8-12-9-5-3-6-10-12/h12H,1-11H2,(H,14,15). The third-order valence-electron chi connectivity index (χ3n) is 3.48. The molecule has 0 aliphatic heterocycles. The lowest BCUT2D eigenvalue weighted by Crippen LogP contribution is -2.05. The predicted octanol–water partition coefficient (Wildman–Crippen LogP) is 3.99. The van der Waals surface area contributed by atoms with Crippen molar-refractivity contribution in [3.05, 3.63) is 0 Å². The van der Waals surface area contributed by atoms with Crippen molar-refractivity contribution < 1.29 is 9.90 Å². The fourth-order valence-electron chi connectivity index (χ4n) is 2.54. The average molecular weight is 212 g/mol. The molecule has 0 saturated heterocycles. The van der Waals surface area contributed by atoms with Crippen molar-refractivity contribution in [3.63, 3.8) is 0 Å². The first kappa shape index (κ1) is 12.5. The number of hydrogen-bond acceptors (Lipinski definition) is 1. The average Bonchev–Trinajstić information content (AvgIpc) is 2.24. The molecule has 2 heteroatoms. The van der Waals surface area contributed by atoms with Crippen LogP contribution in [0.3, 0.4) is 0 Å². The van der Waals surface area contributed by atoms with Crippen molar-refractivity contribution in [3.8, 4) is 0 Å². The highest BCUT2D eigenvalue weighted by atomic mass is 16.4. The summed E-state index contributed by atoms with van der Waals surface area (Å²) in [6, 6.07) is 0. The minimum Gasteiger partial charge on any atom is -0.481 e.